The molecule has 4 nitrogen and oxygen atoms in total. The van der Waals surface area contributed by atoms with E-state index in [-0.39, 0.29) is 0 Å². The first-order valence-electron chi connectivity index (χ1n) is 6.98. The smallest absolute Gasteiger partial charge is 0.175 e. The number of rotatable bonds is 2. The predicted octanol–water partition coefficient (Wildman–Crippen LogP) is 3.56. The Bertz CT molecular complexity index is 786. The van der Waals surface area contributed by atoms with E-state index in [0.717, 1.165) is 22.8 Å². The first-order valence-corrected chi connectivity index (χ1v) is 6.98. The summed E-state index contributed by atoms with van der Waals surface area (Å²) in [6.07, 6.45) is 5.66. The van der Waals surface area contributed by atoms with Gasteiger partial charge in [0.05, 0.1) is 17.6 Å². The fraction of sp³-hybridized carbons (Fsp3) is 0.235. The molecule has 3 rings (SSSR count). The van der Waals surface area contributed by atoms with Crippen LogP contribution in [0.1, 0.15) is 22.5 Å². The zero-order chi connectivity index (χ0) is 15.0. The van der Waals surface area contributed by atoms with Crippen LogP contribution in [0.15, 0.2) is 36.8 Å². The lowest BCUT2D eigenvalue weighted by Gasteiger charge is -2.06. The fourth-order valence-electron chi connectivity index (χ4n) is 2.38. The SMILES string of the molecule is Cc1cnc(C)c(-n2cc(-c3cccc(C)c3C)cn2)n1. The number of hydrogen-bond donors (Lipinski definition) is 0. The first kappa shape index (κ1) is 13.5. The molecule has 0 atom stereocenters. The molecule has 4 heteroatoms. The van der Waals surface area contributed by atoms with E-state index in [4.69, 9.17) is 0 Å². The minimum atomic E-state index is 0.784. The second-order valence-corrected chi connectivity index (χ2v) is 5.34. The summed E-state index contributed by atoms with van der Waals surface area (Å²) in [4.78, 5) is 8.87. The summed E-state index contributed by atoms with van der Waals surface area (Å²) in [5, 5.41) is 4.45. The Morgan fingerprint density at radius 3 is 2.62 bits per heavy atom. The van der Waals surface area contributed by atoms with Crippen molar-refractivity contribution in [2.45, 2.75) is 27.7 Å². The molecule has 0 fully saturated rings. The van der Waals surface area contributed by atoms with E-state index >= 15 is 0 Å². The monoisotopic (exact) mass is 278 g/mol. The summed E-state index contributed by atoms with van der Waals surface area (Å²) in [5.74, 6) is 0.784. The van der Waals surface area contributed by atoms with Gasteiger partial charge in [0.1, 0.15) is 0 Å². The molecule has 3 aromatic rings. The minimum Gasteiger partial charge on any atom is -0.256 e. The molecule has 0 saturated carbocycles. The molecule has 0 spiro atoms. The topological polar surface area (TPSA) is 43.6 Å². The maximum Gasteiger partial charge on any atom is 0.175 e. The molecule has 0 N–H and O–H groups in total. The van der Waals surface area contributed by atoms with Gasteiger partial charge in [-0.3, -0.25) is 4.98 Å². The molecular weight excluding hydrogens is 260 g/mol. The van der Waals surface area contributed by atoms with E-state index in [0.29, 0.717) is 0 Å². The number of aryl methyl sites for hydroxylation is 3. The molecule has 0 saturated heterocycles. The number of benzene rings is 1. The van der Waals surface area contributed by atoms with Gasteiger partial charge in [-0.25, -0.2) is 9.67 Å². The standard InChI is InChI=1S/C17H18N4/c1-11-6-5-7-16(13(11)3)15-9-19-21(10-15)17-14(4)18-8-12(2)20-17/h5-10H,1-4H3. The van der Waals surface area contributed by atoms with Gasteiger partial charge in [-0.05, 0) is 44.4 Å². The molecule has 0 aliphatic carbocycles. The first-order chi connectivity index (χ1) is 10.1. The highest BCUT2D eigenvalue weighted by molar-refractivity contribution is 5.67. The Balaban J connectivity index is 2.08. The van der Waals surface area contributed by atoms with Crippen molar-refractivity contribution < 1.29 is 0 Å². The molecule has 0 bridgehead atoms. The van der Waals surface area contributed by atoms with E-state index in [1.807, 2.05) is 26.2 Å². The zero-order valence-electron chi connectivity index (χ0n) is 12.8. The Kier molecular flexibility index (Phi) is 3.29. The Labute approximate surface area is 124 Å². The van der Waals surface area contributed by atoms with Crippen LogP contribution in [0.2, 0.25) is 0 Å². The lowest BCUT2D eigenvalue weighted by Crippen LogP contribution is -2.03. The van der Waals surface area contributed by atoms with E-state index in [1.54, 1.807) is 10.9 Å². The molecule has 0 unspecified atom stereocenters. The molecule has 2 heterocycles. The second-order valence-electron chi connectivity index (χ2n) is 5.34. The van der Waals surface area contributed by atoms with Crippen LogP contribution in [-0.2, 0) is 0 Å². The third kappa shape index (κ3) is 2.44. The molecule has 1 aromatic carbocycles. The van der Waals surface area contributed by atoms with Crippen molar-refractivity contribution in [1.29, 1.82) is 0 Å². The predicted molar refractivity (Wildman–Crippen MR) is 83.5 cm³/mol. The van der Waals surface area contributed by atoms with Gasteiger partial charge in [0.2, 0.25) is 0 Å². The maximum atomic E-state index is 4.53. The molecular formula is C17H18N4. The van der Waals surface area contributed by atoms with Gasteiger partial charge in [-0.2, -0.15) is 5.10 Å². The van der Waals surface area contributed by atoms with Crippen molar-refractivity contribution in [2.75, 3.05) is 0 Å². The third-order valence-corrected chi connectivity index (χ3v) is 3.77. The molecule has 21 heavy (non-hydrogen) atoms. The minimum absolute atomic E-state index is 0.784. The van der Waals surface area contributed by atoms with Gasteiger partial charge in [-0.15, -0.1) is 0 Å². The van der Waals surface area contributed by atoms with Crippen LogP contribution in [-0.4, -0.2) is 19.7 Å². The quantitative estimate of drug-likeness (QED) is 0.720. The van der Waals surface area contributed by atoms with Crippen molar-refractivity contribution in [3.63, 3.8) is 0 Å². The molecule has 106 valence electrons. The molecule has 2 aromatic heterocycles. The molecule has 0 aliphatic heterocycles. The summed E-state index contributed by atoms with van der Waals surface area (Å²) < 4.78 is 1.80. The summed E-state index contributed by atoms with van der Waals surface area (Å²) >= 11 is 0. The maximum absolute atomic E-state index is 4.53. The third-order valence-electron chi connectivity index (χ3n) is 3.77. The van der Waals surface area contributed by atoms with Crippen LogP contribution in [0.3, 0.4) is 0 Å². The number of hydrogen-bond acceptors (Lipinski definition) is 3. The highest BCUT2D eigenvalue weighted by Crippen LogP contribution is 2.25. The van der Waals surface area contributed by atoms with E-state index < -0.39 is 0 Å². The van der Waals surface area contributed by atoms with Gasteiger partial charge in [0.15, 0.2) is 5.82 Å². The number of nitrogens with zero attached hydrogens (tertiary/aromatic N) is 4. The van der Waals surface area contributed by atoms with E-state index in [9.17, 15) is 0 Å². The van der Waals surface area contributed by atoms with Crippen molar-refractivity contribution in [3.8, 4) is 16.9 Å². The van der Waals surface area contributed by atoms with Gasteiger partial charge in [-0.1, -0.05) is 18.2 Å². The summed E-state index contributed by atoms with van der Waals surface area (Å²) in [5.41, 5.74) is 6.63. The van der Waals surface area contributed by atoms with Crippen molar-refractivity contribution in [3.05, 3.63) is 59.3 Å². The highest BCUT2D eigenvalue weighted by atomic mass is 15.3. The van der Waals surface area contributed by atoms with Crippen molar-refractivity contribution >= 4 is 0 Å². The van der Waals surface area contributed by atoms with Gasteiger partial charge in [0, 0.05) is 18.0 Å². The summed E-state index contributed by atoms with van der Waals surface area (Å²) in [6.45, 7) is 8.14. The summed E-state index contributed by atoms with van der Waals surface area (Å²) in [6, 6.07) is 6.32. The second kappa shape index (κ2) is 5.13. The highest BCUT2D eigenvalue weighted by Gasteiger charge is 2.10. The number of aromatic nitrogens is 4. The Morgan fingerprint density at radius 1 is 1.00 bits per heavy atom. The van der Waals surface area contributed by atoms with Gasteiger partial charge >= 0.3 is 0 Å². The van der Waals surface area contributed by atoms with Crippen LogP contribution in [0.25, 0.3) is 16.9 Å². The van der Waals surface area contributed by atoms with Crippen molar-refractivity contribution in [2.24, 2.45) is 0 Å². The van der Waals surface area contributed by atoms with Crippen LogP contribution in [0.4, 0.5) is 0 Å². The van der Waals surface area contributed by atoms with E-state index in [2.05, 4.69) is 47.1 Å². The summed E-state index contributed by atoms with van der Waals surface area (Å²) in [7, 11) is 0. The lowest BCUT2D eigenvalue weighted by molar-refractivity contribution is 0.816. The molecule has 0 aliphatic rings. The van der Waals surface area contributed by atoms with Crippen LogP contribution >= 0.6 is 0 Å². The zero-order valence-corrected chi connectivity index (χ0v) is 12.8. The molecule has 0 amide bonds. The van der Waals surface area contributed by atoms with Gasteiger partial charge in [0.25, 0.3) is 0 Å². The van der Waals surface area contributed by atoms with E-state index in [1.165, 1.54) is 16.7 Å². The fourth-order valence-corrected chi connectivity index (χ4v) is 2.38. The normalized spacial score (nSPS) is 10.9. The average Bonchev–Trinajstić information content (AvgIpc) is 2.94. The Morgan fingerprint density at radius 2 is 1.81 bits per heavy atom. The van der Waals surface area contributed by atoms with Crippen LogP contribution in [0, 0.1) is 27.7 Å². The van der Waals surface area contributed by atoms with Gasteiger partial charge < -0.3 is 0 Å². The molecule has 0 radical (unpaired) electrons. The lowest BCUT2D eigenvalue weighted by atomic mass is 10.00. The van der Waals surface area contributed by atoms with Crippen molar-refractivity contribution in [1.82, 2.24) is 19.7 Å². The average molecular weight is 278 g/mol. The Hall–Kier alpha value is -2.49. The van der Waals surface area contributed by atoms with Crippen LogP contribution in [0.5, 0.6) is 0 Å². The largest absolute Gasteiger partial charge is 0.256 e. The van der Waals surface area contributed by atoms with Crippen LogP contribution < -0.4 is 0 Å².